The number of fused-ring (bicyclic) bond motifs is 14. The van der Waals surface area contributed by atoms with Crippen molar-refractivity contribution in [2.75, 3.05) is 9.80 Å². The smallest absolute Gasteiger partial charge is 0.0541 e. The molecule has 4 aromatic heterocycles. The SMILES string of the molecule is c1cc(N(c2ccc(-c3ccc(-c4ccc5ccc(-c6ccc7c(c6)sc6cccc(-c8ccccc8N(c8ccc(-c9ccc%10ccccc%10c9)cc8)c8cccc(-n9c%10ccccc%10c%10ccccc%109)c8)c67)cc5c4)cc3)cc2)c2ccccc2-c2cccc3sc4ccccc4c23)cc(-n2c3ccccc3c3ccccc32)c1. The third-order valence-electron chi connectivity index (χ3n) is 23.7. The molecule has 0 unspecified atom stereocenters. The molecule has 6 heteroatoms. The summed E-state index contributed by atoms with van der Waals surface area (Å²) in [5.41, 5.74) is 27.6. The molecule has 23 aromatic rings. The summed E-state index contributed by atoms with van der Waals surface area (Å²) in [4.78, 5) is 4.91. The number of aromatic nitrogens is 2. The Morgan fingerprint density at radius 3 is 1.01 bits per heavy atom. The number of hydrogen-bond donors (Lipinski definition) is 0. The standard InChI is InChI=1S/C110H70N4S2/c1-2-22-77-65-78(52-49-71(77)21-1)75-57-62-84(63-58-75)112(86-24-18-26-88(70-86)114-103-40-14-5-29-91(103)92-30-6-15-41-104(92)114)100-37-11-8-32-94(100)96-35-20-44-107-110(96)98-64-59-81(68-108(98)116-107)80-54-51-76-50-53-79(66-82(76)67-80)74-47-45-72(46-48-74)73-55-60-83(61-56-73)111(85-23-17-25-87(69-85)113-101-38-12-3-27-89(101)90-28-4-13-39-102(90)113)99-36-10-7-31-93(99)95-34-19-43-106-109(95)97-33-9-16-42-105(97)115-106/h1-70H. The van der Waals surface area contributed by atoms with Crippen molar-refractivity contribution in [2.24, 2.45) is 0 Å². The van der Waals surface area contributed by atoms with Crippen molar-refractivity contribution in [3.05, 3.63) is 425 Å². The van der Waals surface area contributed by atoms with Gasteiger partial charge in [-0.05, 0) is 217 Å². The van der Waals surface area contributed by atoms with E-state index in [1.165, 1.54) is 156 Å². The summed E-state index contributed by atoms with van der Waals surface area (Å²) in [6.07, 6.45) is 0. The highest BCUT2D eigenvalue weighted by atomic mass is 32.1. The van der Waals surface area contributed by atoms with Gasteiger partial charge in [0.25, 0.3) is 0 Å². The number of para-hydroxylation sites is 6. The van der Waals surface area contributed by atoms with Crippen molar-refractivity contribution in [1.82, 2.24) is 9.13 Å². The zero-order chi connectivity index (χ0) is 76.3. The Morgan fingerprint density at radius 2 is 0.509 bits per heavy atom. The topological polar surface area (TPSA) is 16.3 Å². The lowest BCUT2D eigenvalue weighted by Crippen LogP contribution is -2.12. The first kappa shape index (κ1) is 67.1. The Hall–Kier alpha value is -14.7. The maximum Gasteiger partial charge on any atom is 0.0541 e. The summed E-state index contributed by atoms with van der Waals surface area (Å²) in [5, 5.41) is 14.9. The molecule has 4 nitrogen and oxygen atoms in total. The van der Waals surface area contributed by atoms with Crippen LogP contribution in [0, 0.1) is 0 Å². The molecule has 0 aliphatic rings. The fraction of sp³-hybridized carbons (Fsp3) is 0. The lowest BCUT2D eigenvalue weighted by atomic mass is 9.95. The van der Waals surface area contributed by atoms with Crippen LogP contribution in [0.5, 0.6) is 0 Å². The lowest BCUT2D eigenvalue weighted by Gasteiger charge is -2.29. The second-order valence-corrected chi connectivity index (χ2v) is 32.4. The van der Waals surface area contributed by atoms with Gasteiger partial charge in [-0.25, -0.2) is 0 Å². The van der Waals surface area contributed by atoms with E-state index in [-0.39, 0.29) is 0 Å². The van der Waals surface area contributed by atoms with Gasteiger partial charge in [0.1, 0.15) is 0 Å². The number of rotatable bonds is 14. The minimum absolute atomic E-state index is 1.07. The van der Waals surface area contributed by atoms with Gasteiger partial charge in [0.2, 0.25) is 0 Å². The number of nitrogens with zero attached hydrogens (tertiary/aromatic N) is 4. The van der Waals surface area contributed by atoms with Crippen LogP contribution in [0.15, 0.2) is 425 Å². The number of benzene rings is 19. The zero-order valence-corrected chi connectivity index (χ0v) is 64.7. The fourth-order valence-electron chi connectivity index (χ4n) is 18.3. The van der Waals surface area contributed by atoms with E-state index in [9.17, 15) is 0 Å². The molecule has 19 aromatic carbocycles. The van der Waals surface area contributed by atoms with Crippen LogP contribution in [0.3, 0.4) is 0 Å². The molecule has 0 aliphatic heterocycles. The van der Waals surface area contributed by atoms with Gasteiger partial charge in [-0.1, -0.05) is 285 Å². The number of anilines is 6. The van der Waals surface area contributed by atoms with E-state index in [1.54, 1.807) is 0 Å². The van der Waals surface area contributed by atoms with Crippen LogP contribution in [-0.4, -0.2) is 9.13 Å². The molecule has 0 atom stereocenters. The first-order valence-corrected chi connectivity index (χ1v) is 41.3. The van der Waals surface area contributed by atoms with E-state index in [1.807, 2.05) is 22.7 Å². The molecule has 0 spiro atoms. The van der Waals surface area contributed by atoms with Crippen LogP contribution >= 0.6 is 22.7 Å². The average Bonchev–Trinajstić information content (AvgIpc) is 1.56. The van der Waals surface area contributed by atoms with E-state index in [0.717, 1.165) is 62.2 Å². The zero-order valence-electron chi connectivity index (χ0n) is 63.0. The van der Waals surface area contributed by atoms with E-state index in [4.69, 9.17) is 0 Å². The molecule has 23 rings (SSSR count). The van der Waals surface area contributed by atoms with Crippen molar-refractivity contribution < 1.29 is 0 Å². The molecular weight excluding hydrogens is 1440 g/mol. The predicted octanol–water partition coefficient (Wildman–Crippen LogP) is 31.9. The van der Waals surface area contributed by atoms with E-state index < -0.39 is 0 Å². The largest absolute Gasteiger partial charge is 0.310 e. The van der Waals surface area contributed by atoms with E-state index in [2.05, 4.69) is 444 Å². The van der Waals surface area contributed by atoms with Crippen LogP contribution < -0.4 is 9.80 Å². The van der Waals surface area contributed by atoms with Crippen LogP contribution in [0.25, 0.3) is 184 Å². The van der Waals surface area contributed by atoms with E-state index in [0.29, 0.717) is 0 Å². The van der Waals surface area contributed by atoms with Crippen molar-refractivity contribution in [3.63, 3.8) is 0 Å². The van der Waals surface area contributed by atoms with Crippen molar-refractivity contribution in [1.29, 1.82) is 0 Å². The minimum atomic E-state index is 1.07. The molecule has 0 N–H and O–H groups in total. The molecule has 0 fully saturated rings. The van der Waals surface area contributed by atoms with Gasteiger partial charge in [0.15, 0.2) is 0 Å². The van der Waals surface area contributed by atoms with Crippen molar-refractivity contribution >= 4 is 162 Å². The molecule has 542 valence electrons. The minimum Gasteiger partial charge on any atom is -0.310 e. The van der Waals surface area contributed by atoms with Gasteiger partial charge in [-0.15, -0.1) is 22.7 Å². The Kier molecular flexibility index (Phi) is 16.0. The Bertz CT molecular complexity index is 7740. The molecule has 0 radical (unpaired) electrons. The summed E-state index contributed by atoms with van der Waals surface area (Å²) in [7, 11) is 0. The van der Waals surface area contributed by atoms with E-state index >= 15 is 0 Å². The predicted molar refractivity (Wildman–Crippen MR) is 498 cm³/mol. The lowest BCUT2D eigenvalue weighted by molar-refractivity contribution is 1.17. The van der Waals surface area contributed by atoms with Gasteiger partial charge in [0, 0.05) is 107 Å². The highest BCUT2D eigenvalue weighted by Crippen LogP contribution is 2.51. The maximum atomic E-state index is 2.46. The Balaban J connectivity index is 0.565. The van der Waals surface area contributed by atoms with Gasteiger partial charge in [-0.2, -0.15) is 0 Å². The van der Waals surface area contributed by atoms with Gasteiger partial charge in [-0.3, -0.25) is 0 Å². The molecule has 0 bridgehead atoms. The molecule has 0 amide bonds. The monoisotopic (exact) mass is 1510 g/mol. The van der Waals surface area contributed by atoms with Crippen LogP contribution in [0.2, 0.25) is 0 Å². The second kappa shape index (κ2) is 27.6. The van der Waals surface area contributed by atoms with Crippen molar-refractivity contribution in [3.8, 4) is 78.1 Å². The molecule has 0 saturated heterocycles. The van der Waals surface area contributed by atoms with Gasteiger partial charge < -0.3 is 18.9 Å². The molecule has 4 heterocycles. The summed E-state index contributed by atoms with van der Waals surface area (Å²) in [6.45, 7) is 0. The summed E-state index contributed by atoms with van der Waals surface area (Å²) >= 11 is 3.73. The molecule has 0 saturated carbocycles. The van der Waals surface area contributed by atoms with Gasteiger partial charge >= 0.3 is 0 Å². The number of thiophene rings is 2. The highest BCUT2D eigenvalue weighted by Gasteiger charge is 2.25. The molecule has 0 aliphatic carbocycles. The highest BCUT2D eigenvalue weighted by molar-refractivity contribution is 7.26. The summed E-state index contributed by atoms with van der Waals surface area (Å²) in [6, 6.07) is 157. The van der Waals surface area contributed by atoms with Crippen LogP contribution in [0.4, 0.5) is 34.1 Å². The number of hydrogen-bond acceptors (Lipinski definition) is 4. The third kappa shape index (κ3) is 11.3. The Morgan fingerprint density at radius 1 is 0.181 bits per heavy atom. The third-order valence-corrected chi connectivity index (χ3v) is 25.9. The maximum absolute atomic E-state index is 2.46. The molecular formula is C110H70N4S2. The first-order valence-electron chi connectivity index (χ1n) is 39.7. The molecule has 116 heavy (non-hydrogen) atoms. The normalized spacial score (nSPS) is 11.8. The second-order valence-electron chi connectivity index (χ2n) is 30.3. The fourth-order valence-corrected chi connectivity index (χ4v) is 20.6. The van der Waals surface area contributed by atoms with Crippen LogP contribution in [-0.2, 0) is 0 Å². The summed E-state index contributed by atoms with van der Waals surface area (Å²) < 4.78 is 9.92. The summed E-state index contributed by atoms with van der Waals surface area (Å²) in [5.74, 6) is 0. The quantitative estimate of drug-likeness (QED) is 0.108. The van der Waals surface area contributed by atoms with Crippen molar-refractivity contribution in [2.45, 2.75) is 0 Å². The first-order chi connectivity index (χ1) is 57.5. The Labute approximate surface area is 679 Å². The van der Waals surface area contributed by atoms with Crippen LogP contribution in [0.1, 0.15) is 0 Å². The average molecular weight is 1510 g/mol. The van der Waals surface area contributed by atoms with Gasteiger partial charge in [0.05, 0.1) is 33.4 Å².